The monoisotopic (exact) mass is 601 g/mol. The van der Waals surface area contributed by atoms with Gasteiger partial charge in [-0.3, -0.25) is 0 Å². The van der Waals surface area contributed by atoms with Gasteiger partial charge in [0.25, 0.3) is 0 Å². The predicted molar refractivity (Wildman–Crippen MR) is 192 cm³/mol. The lowest BCUT2D eigenvalue weighted by Gasteiger charge is -2.12. The molecule has 0 fully saturated rings. The summed E-state index contributed by atoms with van der Waals surface area (Å²) in [6, 6.07) is 56.4. The van der Waals surface area contributed by atoms with Crippen LogP contribution in [0.25, 0.3) is 89.1 Å². The minimum absolute atomic E-state index is 0.619. The van der Waals surface area contributed by atoms with Gasteiger partial charge in [-0.2, -0.15) is 0 Å². The first-order valence-corrected chi connectivity index (χ1v) is 15.7. The summed E-state index contributed by atoms with van der Waals surface area (Å²) in [5, 5.41) is 4.51. The highest BCUT2D eigenvalue weighted by molar-refractivity contribution is 6.15. The largest absolute Gasteiger partial charge is 0.455 e. The molecule has 0 aliphatic heterocycles. The van der Waals surface area contributed by atoms with Crippen LogP contribution in [0.5, 0.6) is 0 Å². The van der Waals surface area contributed by atoms with Crippen molar-refractivity contribution in [2.45, 2.75) is 0 Å². The van der Waals surface area contributed by atoms with Gasteiger partial charge in [0, 0.05) is 32.8 Å². The van der Waals surface area contributed by atoms with Crippen molar-refractivity contribution in [1.82, 2.24) is 15.0 Å². The molecule has 0 aliphatic rings. The average Bonchev–Trinajstić information content (AvgIpc) is 3.54. The standard InChI is InChI=1S/C43H27N3O/c1-4-12-28(13-5-1)33-24-34(32-21-22-37-38-23-20-29-14-10-11-19-36(29)40(38)47-39(37)27-32)26-35(25-33)43-45-41(30-15-6-2-7-16-30)44-42(46-43)31-17-8-3-9-18-31/h1-27H. The van der Waals surface area contributed by atoms with E-state index in [2.05, 4.69) is 97.1 Å². The fraction of sp³-hybridized carbons (Fsp3) is 0. The number of rotatable bonds is 5. The molecule has 4 heteroatoms. The van der Waals surface area contributed by atoms with Gasteiger partial charge in [-0.25, -0.2) is 15.0 Å². The van der Waals surface area contributed by atoms with E-state index in [1.807, 2.05) is 66.7 Å². The molecule has 0 unspecified atom stereocenters. The molecule has 47 heavy (non-hydrogen) atoms. The van der Waals surface area contributed by atoms with E-state index in [1.165, 1.54) is 5.39 Å². The van der Waals surface area contributed by atoms with Crippen LogP contribution in [0.2, 0.25) is 0 Å². The zero-order valence-electron chi connectivity index (χ0n) is 25.3. The van der Waals surface area contributed by atoms with Crippen molar-refractivity contribution in [3.05, 3.63) is 164 Å². The zero-order valence-corrected chi connectivity index (χ0v) is 25.3. The van der Waals surface area contributed by atoms with E-state index in [1.54, 1.807) is 0 Å². The van der Waals surface area contributed by atoms with Gasteiger partial charge in [0.1, 0.15) is 11.2 Å². The summed E-state index contributed by atoms with van der Waals surface area (Å²) >= 11 is 0. The number of fused-ring (bicyclic) bond motifs is 5. The molecule has 2 heterocycles. The Hall–Kier alpha value is -6.39. The lowest BCUT2D eigenvalue weighted by molar-refractivity contribution is 0.673. The van der Waals surface area contributed by atoms with E-state index in [-0.39, 0.29) is 0 Å². The number of nitrogens with zero attached hydrogens (tertiary/aromatic N) is 3. The Kier molecular flexibility index (Phi) is 6.43. The minimum Gasteiger partial charge on any atom is -0.455 e. The number of hydrogen-bond acceptors (Lipinski definition) is 4. The molecule has 9 aromatic rings. The first-order valence-electron chi connectivity index (χ1n) is 15.7. The minimum atomic E-state index is 0.619. The van der Waals surface area contributed by atoms with Gasteiger partial charge in [-0.1, -0.05) is 127 Å². The number of hydrogen-bond donors (Lipinski definition) is 0. The summed E-state index contributed by atoms with van der Waals surface area (Å²) < 4.78 is 6.55. The van der Waals surface area contributed by atoms with Crippen LogP contribution in [-0.2, 0) is 0 Å². The van der Waals surface area contributed by atoms with E-state index in [0.717, 1.165) is 66.3 Å². The molecular weight excluding hydrogens is 574 g/mol. The van der Waals surface area contributed by atoms with E-state index in [0.29, 0.717) is 17.5 Å². The highest BCUT2D eigenvalue weighted by Gasteiger charge is 2.16. The van der Waals surface area contributed by atoms with Gasteiger partial charge < -0.3 is 4.42 Å². The Bertz CT molecular complexity index is 2500. The molecule has 7 aromatic carbocycles. The molecule has 9 rings (SSSR count). The van der Waals surface area contributed by atoms with Gasteiger partial charge >= 0.3 is 0 Å². The fourth-order valence-electron chi connectivity index (χ4n) is 6.34. The molecule has 220 valence electrons. The quantitative estimate of drug-likeness (QED) is 0.197. The van der Waals surface area contributed by atoms with Crippen LogP contribution in [0.3, 0.4) is 0 Å². The summed E-state index contributed by atoms with van der Waals surface area (Å²) in [6.07, 6.45) is 0. The summed E-state index contributed by atoms with van der Waals surface area (Å²) in [5.41, 5.74) is 8.88. The molecule has 0 atom stereocenters. The maximum absolute atomic E-state index is 6.55. The topological polar surface area (TPSA) is 51.8 Å². The first-order chi connectivity index (χ1) is 23.3. The lowest BCUT2D eigenvalue weighted by atomic mass is 9.95. The number of aromatic nitrogens is 3. The van der Waals surface area contributed by atoms with Crippen LogP contribution in [-0.4, -0.2) is 15.0 Å². The molecule has 2 aromatic heterocycles. The summed E-state index contributed by atoms with van der Waals surface area (Å²) in [4.78, 5) is 15.0. The molecule has 0 saturated carbocycles. The van der Waals surface area contributed by atoms with Gasteiger partial charge in [0.15, 0.2) is 17.5 Å². The second-order valence-corrected chi connectivity index (χ2v) is 11.7. The first kappa shape index (κ1) is 27.0. The Balaban J connectivity index is 1.25. The van der Waals surface area contributed by atoms with E-state index in [4.69, 9.17) is 19.4 Å². The van der Waals surface area contributed by atoms with Crippen molar-refractivity contribution in [3.63, 3.8) is 0 Å². The molecule has 4 nitrogen and oxygen atoms in total. The second-order valence-electron chi connectivity index (χ2n) is 11.7. The maximum Gasteiger partial charge on any atom is 0.164 e. The zero-order chi connectivity index (χ0) is 31.2. The molecule has 0 bridgehead atoms. The highest BCUT2D eigenvalue weighted by atomic mass is 16.3. The van der Waals surface area contributed by atoms with Crippen LogP contribution in [0.4, 0.5) is 0 Å². The van der Waals surface area contributed by atoms with Crippen LogP contribution < -0.4 is 0 Å². The van der Waals surface area contributed by atoms with Gasteiger partial charge in [0.05, 0.1) is 0 Å². The lowest BCUT2D eigenvalue weighted by Crippen LogP contribution is -2.00. The van der Waals surface area contributed by atoms with Crippen molar-refractivity contribution < 1.29 is 4.42 Å². The molecule has 0 N–H and O–H groups in total. The van der Waals surface area contributed by atoms with Crippen molar-refractivity contribution in [2.75, 3.05) is 0 Å². The molecule has 0 saturated heterocycles. The molecule has 0 aliphatic carbocycles. The normalized spacial score (nSPS) is 11.4. The smallest absolute Gasteiger partial charge is 0.164 e. The van der Waals surface area contributed by atoms with Gasteiger partial charge in [0.2, 0.25) is 0 Å². The Morgan fingerprint density at radius 3 is 1.49 bits per heavy atom. The Morgan fingerprint density at radius 2 is 0.830 bits per heavy atom. The summed E-state index contributed by atoms with van der Waals surface area (Å²) in [7, 11) is 0. The van der Waals surface area contributed by atoms with Crippen molar-refractivity contribution in [2.24, 2.45) is 0 Å². The van der Waals surface area contributed by atoms with Crippen LogP contribution in [0.15, 0.2) is 168 Å². The summed E-state index contributed by atoms with van der Waals surface area (Å²) in [5.74, 6) is 1.89. The van der Waals surface area contributed by atoms with Crippen LogP contribution >= 0.6 is 0 Å². The molecule has 0 amide bonds. The average molecular weight is 602 g/mol. The van der Waals surface area contributed by atoms with E-state index >= 15 is 0 Å². The summed E-state index contributed by atoms with van der Waals surface area (Å²) in [6.45, 7) is 0. The van der Waals surface area contributed by atoms with Gasteiger partial charge in [-0.15, -0.1) is 0 Å². The fourth-order valence-corrected chi connectivity index (χ4v) is 6.34. The van der Waals surface area contributed by atoms with E-state index in [9.17, 15) is 0 Å². The van der Waals surface area contributed by atoms with Crippen LogP contribution in [0, 0.1) is 0 Å². The molecule has 0 radical (unpaired) electrons. The SMILES string of the molecule is c1ccc(-c2cc(-c3ccc4c(c3)oc3c5ccccc5ccc43)cc(-c3nc(-c4ccccc4)nc(-c4ccccc4)n3)c2)cc1. The van der Waals surface area contributed by atoms with Gasteiger partial charge in [-0.05, 0) is 64.0 Å². The third kappa shape index (κ3) is 4.93. The van der Waals surface area contributed by atoms with Crippen LogP contribution in [0.1, 0.15) is 0 Å². The molecular formula is C43H27N3O. The Morgan fingerprint density at radius 1 is 0.319 bits per heavy atom. The van der Waals surface area contributed by atoms with Crippen molar-refractivity contribution in [3.8, 4) is 56.4 Å². The maximum atomic E-state index is 6.55. The highest BCUT2D eigenvalue weighted by Crippen LogP contribution is 2.38. The van der Waals surface area contributed by atoms with Crippen molar-refractivity contribution in [1.29, 1.82) is 0 Å². The Labute approximate surface area is 271 Å². The third-order valence-corrected chi connectivity index (χ3v) is 8.69. The second kappa shape index (κ2) is 11.2. The number of benzene rings is 7. The predicted octanol–water partition coefficient (Wildman–Crippen LogP) is 11.3. The third-order valence-electron chi connectivity index (χ3n) is 8.69. The van der Waals surface area contributed by atoms with Crippen molar-refractivity contribution >= 4 is 32.7 Å². The number of furan rings is 1. The van der Waals surface area contributed by atoms with E-state index < -0.39 is 0 Å². The molecule has 0 spiro atoms.